The van der Waals surface area contributed by atoms with Crippen LogP contribution in [0.4, 0.5) is 0 Å². The van der Waals surface area contributed by atoms with E-state index in [4.69, 9.17) is 9.84 Å². The molecular weight excluding hydrogens is 230 g/mol. The average molecular weight is 257 g/mol. The topological polar surface area (TPSA) is 49.8 Å². The molecule has 1 aliphatic heterocycles. The SMILES string of the molecule is CCCCCCCC(CC(=O)O)N1CCOCC1. The first kappa shape index (κ1) is 15.4. The molecule has 0 radical (unpaired) electrons. The van der Waals surface area contributed by atoms with E-state index in [9.17, 15) is 4.79 Å². The van der Waals surface area contributed by atoms with Gasteiger partial charge in [-0.3, -0.25) is 9.69 Å². The summed E-state index contributed by atoms with van der Waals surface area (Å²) in [6.45, 7) is 5.46. The number of carboxylic acid groups (broad SMARTS) is 1. The van der Waals surface area contributed by atoms with Crippen LogP contribution in [0.15, 0.2) is 0 Å². The van der Waals surface area contributed by atoms with Gasteiger partial charge in [0, 0.05) is 19.1 Å². The quantitative estimate of drug-likeness (QED) is 0.645. The number of carboxylic acids is 1. The van der Waals surface area contributed by atoms with Crippen LogP contribution in [0, 0.1) is 0 Å². The Hall–Kier alpha value is -0.610. The zero-order valence-corrected chi connectivity index (χ0v) is 11.6. The van der Waals surface area contributed by atoms with Gasteiger partial charge in [-0.25, -0.2) is 0 Å². The van der Waals surface area contributed by atoms with Gasteiger partial charge in [-0.05, 0) is 6.42 Å². The summed E-state index contributed by atoms with van der Waals surface area (Å²) in [6, 6.07) is 0.202. The lowest BCUT2D eigenvalue weighted by Crippen LogP contribution is -2.44. The van der Waals surface area contributed by atoms with Crippen LogP contribution in [-0.2, 0) is 9.53 Å². The van der Waals surface area contributed by atoms with Crippen LogP contribution in [0.1, 0.15) is 51.9 Å². The molecule has 0 saturated carbocycles. The summed E-state index contributed by atoms with van der Waals surface area (Å²) in [5, 5.41) is 9.00. The number of ether oxygens (including phenoxy) is 1. The monoisotopic (exact) mass is 257 g/mol. The Balaban J connectivity index is 2.27. The van der Waals surface area contributed by atoms with Gasteiger partial charge >= 0.3 is 5.97 Å². The third-order valence-electron chi connectivity index (χ3n) is 3.61. The van der Waals surface area contributed by atoms with Crippen LogP contribution in [0.2, 0.25) is 0 Å². The van der Waals surface area contributed by atoms with Gasteiger partial charge in [-0.1, -0.05) is 39.0 Å². The van der Waals surface area contributed by atoms with Gasteiger partial charge in [0.15, 0.2) is 0 Å². The lowest BCUT2D eigenvalue weighted by atomic mass is 10.0. The Morgan fingerprint density at radius 1 is 1.22 bits per heavy atom. The van der Waals surface area contributed by atoms with E-state index in [1.807, 2.05) is 0 Å². The largest absolute Gasteiger partial charge is 0.481 e. The van der Waals surface area contributed by atoms with Crippen molar-refractivity contribution in [3.05, 3.63) is 0 Å². The van der Waals surface area contributed by atoms with Crippen molar-refractivity contribution >= 4 is 5.97 Å². The molecule has 1 saturated heterocycles. The van der Waals surface area contributed by atoms with E-state index >= 15 is 0 Å². The number of morpholine rings is 1. The summed E-state index contributed by atoms with van der Waals surface area (Å²) >= 11 is 0. The molecule has 4 heteroatoms. The maximum atomic E-state index is 10.9. The van der Waals surface area contributed by atoms with Gasteiger partial charge in [0.2, 0.25) is 0 Å². The highest BCUT2D eigenvalue weighted by Crippen LogP contribution is 2.16. The molecule has 0 aromatic carbocycles. The molecule has 0 bridgehead atoms. The number of aliphatic carboxylic acids is 1. The van der Waals surface area contributed by atoms with Gasteiger partial charge in [0.1, 0.15) is 0 Å². The molecular formula is C14H27NO3. The zero-order valence-electron chi connectivity index (χ0n) is 11.6. The van der Waals surface area contributed by atoms with Crippen LogP contribution >= 0.6 is 0 Å². The van der Waals surface area contributed by atoms with Crippen LogP contribution in [0.3, 0.4) is 0 Å². The van der Waals surface area contributed by atoms with Gasteiger partial charge in [0.25, 0.3) is 0 Å². The highest BCUT2D eigenvalue weighted by atomic mass is 16.5. The number of hydrogen-bond acceptors (Lipinski definition) is 3. The second kappa shape index (κ2) is 9.34. The van der Waals surface area contributed by atoms with E-state index in [0.29, 0.717) is 0 Å². The second-order valence-electron chi connectivity index (χ2n) is 5.10. The molecule has 1 unspecified atom stereocenters. The highest BCUT2D eigenvalue weighted by molar-refractivity contribution is 5.67. The number of hydrogen-bond donors (Lipinski definition) is 1. The summed E-state index contributed by atoms with van der Waals surface area (Å²) < 4.78 is 5.32. The molecule has 1 rings (SSSR count). The molecule has 0 aromatic rings. The third-order valence-corrected chi connectivity index (χ3v) is 3.61. The molecule has 1 fully saturated rings. The molecule has 1 heterocycles. The smallest absolute Gasteiger partial charge is 0.304 e. The lowest BCUT2D eigenvalue weighted by molar-refractivity contribution is -0.139. The minimum absolute atomic E-state index is 0.202. The number of rotatable bonds is 9. The summed E-state index contributed by atoms with van der Waals surface area (Å²) in [4.78, 5) is 13.2. The predicted octanol–water partition coefficient (Wildman–Crippen LogP) is 2.52. The zero-order chi connectivity index (χ0) is 13.2. The molecule has 106 valence electrons. The van der Waals surface area contributed by atoms with Crippen molar-refractivity contribution in [2.24, 2.45) is 0 Å². The summed E-state index contributed by atoms with van der Waals surface area (Å²) in [6.07, 6.45) is 7.48. The summed E-state index contributed by atoms with van der Waals surface area (Å²) in [5.74, 6) is -0.681. The van der Waals surface area contributed by atoms with E-state index in [1.165, 1.54) is 25.7 Å². The van der Waals surface area contributed by atoms with E-state index in [0.717, 1.165) is 39.1 Å². The molecule has 0 aromatic heterocycles. The van der Waals surface area contributed by atoms with Crippen molar-refractivity contribution in [3.8, 4) is 0 Å². The van der Waals surface area contributed by atoms with Gasteiger partial charge in [0.05, 0.1) is 19.6 Å². The predicted molar refractivity (Wildman–Crippen MR) is 71.8 cm³/mol. The molecule has 1 N–H and O–H groups in total. The molecule has 0 aliphatic carbocycles. The van der Waals surface area contributed by atoms with Gasteiger partial charge in [-0.15, -0.1) is 0 Å². The third kappa shape index (κ3) is 6.36. The van der Waals surface area contributed by atoms with E-state index in [2.05, 4.69) is 11.8 Å². The normalized spacial score (nSPS) is 18.7. The number of unbranched alkanes of at least 4 members (excludes halogenated alkanes) is 4. The fourth-order valence-corrected chi connectivity index (χ4v) is 2.54. The van der Waals surface area contributed by atoms with E-state index in [-0.39, 0.29) is 12.5 Å². The van der Waals surface area contributed by atoms with Crippen molar-refractivity contribution in [1.82, 2.24) is 4.90 Å². The van der Waals surface area contributed by atoms with Crippen LogP contribution in [0.5, 0.6) is 0 Å². The Bertz CT molecular complexity index is 227. The minimum Gasteiger partial charge on any atom is -0.481 e. The van der Waals surface area contributed by atoms with E-state index in [1.54, 1.807) is 0 Å². The molecule has 1 aliphatic rings. The Morgan fingerprint density at radius 2 is 1.89 bits per heavy atom. The first-order chi connectivity index (χ1) is 8.74. The van der Waals surface area contributed by atoms with Crippen LogP contribution < -0.4 is 0 Å². The fraction of sp³-hybridized carbons (Fsp3) is 0.929. The Kier molecular flexibility index (Phi) is 8.01. The molecule has 0 amide bonds. The molecule has 4 nitrogen and oxygen atoms in total. The molecule has 18 heavy (non-hydrogen) atoms. The van der Waals surface area contributed by atoms with Crippen molar-refractivity contribution < 1.29 is 14.6 Å². The van der Waals surface area contributed by atoms with Gasteiger partial charge < -0.3 is 9.84 Å². The maximum absolute atomic E-state index is 10.9. The van der Waals surface area contributed by atoms with E-state index < -0.39 is 5.97 Å². The van der Waals surface area contributed by atoms with Crippen molar-refractivity contribution in [1.29, 1.82) is 0 Å². The first-order valence-electron chi connectivity index (χ1n) is 7.27. The van der Waals surface area contributed by atoms with Crippen molar-refractivity contribution in [3.63, 3.8) is 0 Å². The van der Waals surface area contributed by atoms with Crippen molar-refractivity contribution in [2.45, 2.75) is 57.9 Å². The second-order valence-corrected chi connectivity index (χ2v) is 5.10. The van der Waals surface area contributed by atoms with Crippen LogP contribution in [-0.4, -0.2) is 48.3 Å². The highest BCUT2D eigenvalue weighted by Gasteiger charge is 2.22. The van der Waals surface area contributed by atoms with Crippen LogP contribution in [0.25, 0.3) is 0 Å². The number of carbonyl (C=O) groups is 1. The molecule has 0 spiro atoms. The maximum Gasteiger partial charge on any atom is 0.304 e. The number of nitrogens with zero attached hydrogens (tertiary/aromatic N) is 1. The first-order valence-corrected chi connectivity index (χ1v) is 7.27. The fourth-order valence-electron chi connectivity index (χ4n) is 2.54. The lowest BCUT2D eigenvalue weighted by Gasteiger charge is -2.33. The summed E-state index contributed by atoms with van der Waals surface area (Å²) in [7, 11) is 0. The standard InChI is InChI=1S/C14H27NO3/c1-2-3-4-5-6-7-13(12-14(16)17)15-8-10-18-11-9-15/h13H,2-12H2,1H3,(H,16,17). The molecule has 1 atom stereocenters. The van der Waals surface area contributed by atoms with Gasteiger partial charge in [-0.2, -0.15) is 0 Å². The Labute approximate surface area is 110 Å². The summed E-state index contributed by atoms with van der Waals surface area (Å²) in [5.41, 5.74) is 0. The Morgan fingerprint density at radius 3 is 2.50 bits per heavy atom. The average Bonchev–Trinajstić information content (AvgIpc) is 2.38. The minimum atomic E-state index is -0.681. The van der Waals surface area contributed by atoms with Crippen molar-refractivity contribution in [2.75, 3.05) is 26.3 Å².